The summed E-state index contributed by atoms with van der Waals surface area (Å²) in [4.78, 5) is 20.7. The lowest BCUT2D eigenvalue weighted by Gasteiger charge is -2.24. The van der Waals surface area contributed by atoms with Gasteiger partial charge in [0.05, 0.1) is 12.2 Å². The van der Waals surface area contributed by atoms with E-state index in [0.29, 0.717) is 17.4 Å². The zero-order valence-electron chi connectivity index (χ0n) is 26.9. The molecule has 4 nitrogen and oxygen atoms in total. The third kappa shape index (κ3) is 6.74. The van der Waals surface area contributed by atoms with Crippen molar-refractivity contribution in [3.05, 3.63) is 82.4 Å². The highest BCUT2D eigenvalue weighted by molar-refractivity contribution is 5.88. The van der Waals surface area contributed by atoms with E-state index in [2.05, 4.69) is 72.9 Å². The summed E-state index contributed by atoms with van der Waals surface area (Å²) >= 11 is 0. The Kier molecular flexibility index (Phi) is 9.75. The van der Waals surface area contributed by atoms with Gasteiger partial charge in [0.1, 0.15) is 0 Å². The normalized spacial score (nSPS) is 18.1. The fourth-order valence-electron chi connectivity index (χ4n) is 6.30. The highest BCUT2D eigenvalue weighted by atomic mass is 16.1. The number of rotatable bonds is 6. The van der Waals surface area contributed by atoms with Crippen LogP contribution in [0.15, 0.2) is 55.0 Å². The first-order valence-electron chi connectivity index (χ1n) is 16.4. The van der Waals surface area contributed by atoms with Gasteiger partial charge >= 0.3 is 0 Å². The predicted molar refractivity (Wildman–Crippen MR) is 180 cm³/mol. The summed E-state index contributed by atoms with van der Waals surface area (Å²) in [5, 5.41) is 2.48. The molecule has 0 saturated heterocycles. The maximum atomic E-state index is 11.5. The van der Waals surface area contributed by atoms with Crippen molar-refractivity contribution in [1.29, 1.82) is 0 Å². The number of benzene rings is 1. The molecule has 2 unspecified atom stereocenters. The molecule has 0 spiro atoms. The number of aryl methyl sites for hydroxylation is 1. The first kappa shape index (κ1) is 30.7. The molecule has 7 rings (SSSR count). The molecule has 1 fully saturated rings. The topological polar surface area (TPSA) is 47.8 Å². The van der Waals surface area contributed by atoms with Crippen LogP contribution in [0.3, 0.4) is 0 Å². The second-order valence-electron chi connectivity index (χ2n) is 12.3. The lowest BCUT2D eigenvalue weighted by molar-refractivity contribution is 0.112. The summed E-state index contributed by atoms with van der Waals surface area (Å²) in [7, 11) is 0. The molecular weight excluding hydrogens is 526 g/mol. The Morgan fingerprint density at radius 2 is 1.84 bits per heavy atom. The van der Waals surface area contributed by atoms with Crippen molar-refractivity contribution < 1.29 is 4.79 Å². The van der Waals surface area contributed by atoms with Crippen molar-refractivity contribution >= 4 is 18.4 Å². The van der Waals surface area contributed by atoms with Gasteiger partial charge in [0.2, 0.25) is 0 Å². The fraction of sp³-hybridized carbons (Fsp3) is 0.410. The van der Waals surface area contributed by atoms with Gasteiger partial charge < -0.3 is 4.57 Å². The Hall–Kier alpha value is -3.79. The summed E-state index contributed by atoms with van der Waals surface area (Å²) in [5.74, 6) is 2.18. The van der Waals surface area contributed by atoms with Gasteiger partial charge in [-0.1, -0.05) is 84.9 Å². The molecule has 1 saturated carbocycles. The summed E-state index contributed by atoms with van der Waals surface area (Å²) in [5.41, 5.74) is 9.70. The van der Waals surface area contributed by atoms with Gasteiger partial charge in [-0.25, -0.2) is 0 Å². The number of hydrogen-bond donors (Lipinski definition) is 0. The monoisotopic (exact) mass is 573 g/mol. The van der Waals surface area contributed by atoms with Crippen LogP contribution in [0.5, 0.6) is 0 Å². The minimum Gasteiger partial charge on any atom is -0.343 e. The van der Waals surface area contributed by atoms with E-state index in [1.54, 1.807) is 6.20 Å². The first-order chi connectivity index (χ1) is 20.9. The molecule has 0 bridgehead atoms. The van der Waals surface area contributed by atoms with Crippen molar-refractivity contribution in [2.24, 2.45) is 17.8 Å². The average molecular weight is 574 g/mol. The molecule has 1 aliphatic heterocycles. The van der Waals surface area contributed by atoms with Crippen LogP contribution in [-0.4, -0.2) is 20.8 Å². The largest absolute Gasteiger partial charge is 0.343 e. The van der Waals surface area contributed by atoms with Gasteiger partial charge in [-0.15, -0.1) is 0 Å². The third-order valence-electron chi connectivity index (χ3n) is 9.24. The molecule has 3 aromatic heterocycles. The van der Waals surface area contributed by atoms with Crippen LogP contribution in [0, 0.1) is 24.7 Å². The second kappa shape index (κ2) is 13.7. The molecular formula is C39H47N3O. The van der Waals surface area contributed by atoms with Crippen LogP contribution in [0.25, 0.3) is 45.7 Å². The van der Waals surface area contributed by atoms with E-state index in [1.165, 1.54) is 64.9 Å². The molecule has 3 aliphatic rings. The second-order valence-corrected chi connectivity index (χ2v) is 12.3. The van der Waals surface area contributed by atoms with Crippen LogP contribution < -0.4 is 10.4 Å². The Labute approximate surface area is 257 Å². The molecule has 2 aliphatic carbocycles. The van der Waals surface area contributed by atoms with E-state index in [9.17, 15) is 4.79 Å². The zero-order valence-corrected chi connectivity index (χ0v) is 26.9. The van der Waals surface area contributed by atoms with E-state index < -0.39 is 0 Å². The van der Waals surface area contributed by atoms with Crippen LogP contribution in [-0.2, 0) is 6.54 Å². The van der Waals surface area contributed by atoms with Gasteiger partial charge in [-0.3, -0.25) is 14.8 Å². The van der Waals surface area contributed by atoms with E-state index in [1.807, 2.05) is 39.1 Å². The summed E-state index contributed by atoms with van der Waals surface area (Å²) in [6.45, 7) is 13.9. The van der Waals surface area contributed by atoms with Crippen LogP contribution in [0.1, 0.15) is 94.9 Å². The third-order valence-corrected chi connectivity index (χ3v) is 9.24. The van der Waals surface area contributed by atoms with E-state index in [-0.39, 0.29) is 0 Å². The van der Waals surface area contributed by atoms with E-state index in [4.69, 9.17) is 4.98 Å². The van der Waals surface area contributed by atoms with E-state index in [0.717, 1.165) is 47.7 Å². The summed E-state index contributed by atoms with van der Waals surface area (Å²) in [6, 6.07) is 12.8. The van der Waals surface area contributed by atoms with Crippen molar-refractivity contribution in [3.63, 3.8) is 0 Å². The highest BCUT2D eigenvalue weighted by Crippen LogP contribution is 2.42. The number of pyridine rings is 2. The molecule has 4 heterocycles. The minimum absolute atomic E-state index is 0.478. The summed E-state index contributed by atoms with van der Waals surface area (Å²) < 4.78 is 2.30. The van der Waals surface area contributed by atoms with Crippen molar-refractivity contribution in [2.45, 2.75) is 86.6 Å². The van der Waals surface area contributed by atoms with Gasteiger partial charge in [-0.2, -0.15) is 0 Å². The maximum Gasteiger partial charge on any atom is 0.151 e. The molecule has 224 valence electrons. The lowest BCUT2D eigenvalue weighted by atomic mass is 9.82. The number of nitrogens with zero attached hydrogens (tertiary/aromatic N) is 3. The van der Waals surface area contributed by atoms with Gasteiger partial charge in [0, 0.05) is 52.2 Å². The molecule has 4 heteroatoms. The van der Waals surface area contributed by atoms with Crippen LogP contribution in [0.4, 0.5) is 0 Å². The van der Waals surface area contributed by atoms with Gasteiger partial charge in [-0.05, 0) is 83.0 Å². The minimum atomic E-state index is 0.478. The Morgan fingerprint density at radius 1 is 1.02 bits per heavy atom. The molecule has 1 aromatic carbocycles. The quantitative estimate of drug-likeness (QED) is 0.191. The Balaban J connectivity index is 0.000000357. The number of aldehydes is 1. The number of fused-ring (bicyclic) bond motifs is 2. The Bertz CT molecular complexity index is 1710. The number of hydrogen-bond acceptors (Lipinski definition) is 3. The molecule has 0 amide bonds. The average Bonchev–Trinajstić information content (AvgIpc) is 3.70. The van der Waals surface area contributed by atoms with Crippen molar-refractivity contribution in [3.8, 4) is 33.5 Å². The lowest BCUT2D eigenvalue weighted by Crippen LogP contribution is -2.27. The van der Waals surface area contributed by atoms with E-state index >= 15 is 0 Å². The van der Waals surface area contributed by atoms with Crippen molar-refractivity contribution in [2.75, 3.05) is 0 Å². The zero-order chi connectivity index (χ0) is 30.5. The summed E-state index contributed by atoms with van der Waals surface area (Å²) in [6.07, 6.45) is 19.8. The SMILES string of the molecule is CC.CCCC1CCC1.Cc1cccc(-c2c(-c3cc(-c4cncc(C=O)c4)c4c(c3)=CC(C)C(C)CC=4)cn3c2C3)n1. The first-order valence-corrected chi connectivity index (χ1v) is 16.4. The standard InChI is InChI=1S/C30H27N3O.C7H14.C2H6/c1-18-7-8-25-22(9-19(18)2)11-23(12-26(25)24-10-21(17-34)13-31-14-24)27-15-33-16-29(33)30(27)28-6-4-5-20(3)32-28;1-2-4-7-5-3-6-7;1-2/h4-6,8-15,17-19H,7,16H2,1-3H3;7H,2-6H2,1H3;1-2H3. The number of carbonyl (C=O) groups excluding carboxylic acids is 1. The van der Waals surface area contributed by atoms with Crippen LogP contribution >= 0.6 is 0 Å². The maximum absolute atomic E-state index is 11.5. The fourth-order valence-corrected chi connectivity index (χ4v) is 6.30. The van der Waals surface area contributed by atoms with Crippen LogP contribution in [0.2, 0.25) is 0 Å². The molecule has 0 radical (unpaired) electrons. The molecule has 2 atom stereocenters. The predicted octanol–water partition coefficient (Wildman–Crippen LogP) is 8.61. The Morgan fingerprint density at radius 3 is 2.51 bits per heavy atom. The molecule has 43 heavy (non-hydrogen) atoms. The number of carbonyl (C=O) groups is 1. The van der Waals surface area contributed by atoms with Gasteiger partial charge in [0.25, 0.3) is 0 Å². The van der Waals surface area contributed by atoms with Gasteiger partial charge in [0.15, 0.2) is 6.29 Å². The molecule has 4 aromatic rings. The number of aromatic nitrogens is 3. The van der Waals surface area contributed by atoms with Crippen molar-refractivity contribution in [1.82, 2.24) is 14.5 Å². The molecule has 0 N–H and O–H groups in total. The highest BCUT2D eigenvalue weighted by Gasteiger charge is 2.28. The smallest absolute Gasteiger partial charge is 0.151 e.